The average Bonchev–Trinajstić information content (AvgIpc) is 2.64. The van der Waals surface area contributed by atoms with Crippen LogP contribution in [0.5, 0.6) is 0 Å². The Hall–Kier alpha value is -0.660. The molecule has 0 aliphatic heterocycles. The lowest BCUT2D eigenvalue weighted by Gasteiger charge is -2.40. The number of carbonyl (C=O) groups excluding carboxylic acids is 2. The second-order valence-corrected chi connectivity index (χ2v) is 9.80. The Morgan fingerprint density at radius 3 is 2.19 bits per heavy atom. The van der Waals surface area contributed by atoms with Gasteiger partial charge in [-0.25, -0.2) is 0 Å². The van der Waals surface area contributed by atoms with E-state index in [1.807, 2.05) is 0 Å². The summed E-state index contributed by atoms with van der Waals surface area (Å²) in [6, 6.07) is 0. The molecule has 0 bridgehead atoms. The maximum Gasteiger partial charge on any atom is 0.146 e. The molecular weight excluding hydrogens is 320 g/mol. The van der Waals surface area contributed by atoms with Gasteiger partial charge >= 0.3 is 0 Å². The third kappa shape index (κ3) is 4.78. The number of hydrogen-bond acceptors (Lipinski definition) is 2. The second kappa shape index (κ2) is 9.51. The molecule has 3 atom stereocenters. The molecule has 0 N–H and O–H groups in total. The topological polar surface area (TPSA) is 34.1 Å². The van der Waals surface area contributed by atoms with Gasteiger partial charge < -0.3 is 0 Å². The molecule has 0 amide bonds. The van der Waals surface area contributed by atoms with Gasteiger partial charge in [-0.2, -0.15) is 0 Å². The van der Waals surface area contributed by atoms with Gasteiger partial charge in [0.1, 0.15) is 11.6 Å². The van der Waals surface area contributed by atoms with Gasteiger partial charge in [-0.3, -0.25) is 9.59 Å². The zero-order chi connectivity index (χ0) is 18.5. The predicted octanol–water partition coefficient (Wildman–Crippen LogP) is 6.36. The number of rotatable bonds is 6. The van der Waals surface area contributed by atoms with Crippen LogP contribution in [0.25, 0.3) is 0 Å². The van der Waals surface area contributed by atoms with Gasteiger partial charge in [0.25, 0.3) is 0 Å². The molecule has 3 unspecified atom stereocenters. The normalized spacial score (nSPS) is 35.2. The summed E-state index contributed by atoms with van der Waals surface area (Å²) in [7, 11) is 0. The van der Waals surface area contributed by atoms with Crippen molar-refractivity contribution in [3.05, 3.63) is 0 Å². The molecule has 3 saturated carbocycles. The van der Waals surface area contributed by atoms with Crippen molar-refractivity contribution in [1.82, 2.24) is 0 Å². The Kier molecular flexibility index (Phi) is 7.35. The van der Waals surface area contributed by atoms with E-state index in [9.17, 15) is 9.59 Å². The summed E-state index contributed by atoms with van der Waals surface area (Å²) in [6.07, 6.45) is 16.6. The smallest absolute Gasteiger partial charge is 0.146 e. The van der Waals surface area contributed by atoms with E-state index in [2.05, 4.69) is 13.8 Å². The quantitative estimate of drug-likeness (QED) is 0.516. The lowest BCUT2D eigenvalue weighted by atomic mass is 9.63. The number of ketones is 2. The largest absolute Gasteiger partial charge is 0.299 e. The Labute approximate surface area is 160 Å². The Morgan fingerprint density at radius 1 is 0.923 bits per heavy atom. The van der Waals surface area contributed by atoms with Crippen molar-refractivity contribution in [2.24, 2.45) is 35.5 Å². The first-order valence-corrected chi connectivity index (χ1v) is 11.7. The van der Waals surface area contributed by atoms with Crippen LogP contribution in [0.15, 0.2) is 0 Å². The molecule has 0 radical (unpaired) electrons. The van der Waals surface area contributed by atoms with Crippen LogP contribution in [0.3, 0.4) is 0 Å². The van der Waals surface area contributed by atoms with Crippen LogP contribution in [-0.4, -0.2) is 11.6 Å². The van der Waals surface area contributed by atoms with Crippen LogP contribution < -0.4 is 0 Å². The molecule has 0 heterocycles. The van der Waals surface area contributed by atoms with Crippen molar-refractivity contribution >= 4 is 11.6 Å². The van der Waals surface area contributed by atoms with Crippen molar-refractivity contribution in [2.45, 2.75) is 104 Å². The van der Waals surface area contributed by atoms with Crippen molar-refractivity contribution in [2.75, 3.05) is 0 Å². The van der Waals surface area contributed by atoms with E-state index in [1.165, 1.54) is 70.6 Å². The van der Waals surface area contributed by atoms with Gasteiger partial charge in [0.05, 0.1) is 5.92 Å². The van der Waals surface area contributed by atoms with Gasteiger partial charge in [0, 0.05) is 12.3 Å². The number of carbonyl (C=O) groups is 2. The zero-order valence-corrected chi connectivity index (χ0v) is 17.2. The van der Waals surface area contributed by atoms with Gasteiger partial charge in [0.2, 0.25) is 0 Å². The van der Waals surface area contributed by atoms with Gasteiger partial charge in [-0.1, -0.05) is 58.8 Å². The molecule has 0 aromatic carbocycles. The lowest BCUT2D eigenvalue weighted by Crippen LogP contribution is -2.41. The van der Waals surface area contributed by atoms with Crippen LogP contribution >= 0.6 is 0 Å². The van der Waals surface area contributed by atoms with Crippen LogP contribution in [0.4, 0.5) is 0 Å². The zero-order valence-electron chi connectivity index (χ0n) is 17.2. The van der Waals surface area contributed by atoms with E-state index in [-0.39, 0.29) is 17.6 Å². The summed E-state index contributed by atoms with van der Waals surface area (Å²) in [5, 5.41) is 0. The minimum atomic E-state index is -0.258. The van der Waals surface area contributed by atoms with E-state index in [1.54, 1.807) is 0 Å². The van der Waals surface area contributed by atoms with Crippen molar-refractivity contribution < 1.29 is 9.59 Å². The maximum absolute atomic E-state index is 13.6. The van der Waals surface area contributed by atoms with Gasteiger partial charge in [0.15, 0.2) is 0 Å². The summed E-state index contributed by atoms with van der Waals surface area (Å²) in [6.45, 7) is 4.45. The molecule has 2 nitrogen and oxygen atoms in total. The third-order valence-electron chi connectivity index (χ3n) is 7.81. The maximum atomic E-state index is 13.6. The van der Waals surface area contributed by atoms with Gasteiger partial charge in [-0.05, 0) is 62.2 Å². The molecule has 3 aliphatic carbocycles. The molecule has 0 aromatic heterocycles. The third-order valence-corrected chi connectivity index (χ3v) is 7.81. The molecule has 3 aliphatic rings. The summed E-state index contributed by atoms with van der Waals surface area (Å²) >= 11 is 0. The van der Waals surface area contributed by atoms with Crippen molar-refractivity contribution in [3.8, 4) is 0 Å². The highest BCUT2D eigenvalue weighted by Crippen LogP contribution is 2.44. The van der Waals surface area contributed by atoms with Crippen LogP contribution in [0, 0.1) is 35.5 Å². The molecule has 26 heavy (non-hydrogen) atoms. The van der Waals surface area contributed by atoms with E-state index in [0.717, 1.165) is 18.8 Å². The Morgan fingerprint density at radius 2 is 1.58 bits per heavy atom. The molecule has 0 saturated heterocycles. The number of Topliss-reactive ketones (excluding diaryl/α,β-unsaturated/α-hetero) is 2. The minimum absolute atomic E-state index is 0.195. The molecular formula is C24H40O2. The standard InChI is InChI=1S/C24H40O2/c1-3-7-18-11-13-20(14-12-18)23(19-8-5-4-6-9-19)24(26)21-15-10-17(2)16-22(21)25/h17-21,23H,3-16H2,1-2H3. The summed E-state index contributed by atoms with van der Waals surface area (Å²) in [5.41, 5.74) is 0. The Bertz CT molecular complexity index is 469. The fourth-order valence-electron chi connectivity index (χ4n) is 6.32. The molecule has 0 spiro atoms. The SMILES string of the molecule is CCCC1CCC(C(C(=O)C2CCC(C)CC2=O)C2CCCCC2)CC1. The monoisotopic (exact) mass is 360 g/mol. The predicted molar refractivity (Wildman–Crippen MR) is 107 cm³/mol. The van der Waals surface area contributed by atoms with Crippen molar-refractivity contribution in [1.29, 1.82) is 0 Å². The molecule has 2 heteroatoms. The highest BCUT2D eigenvalue weighted by molar-refractivity contribution is 6.04. The first-order valence-electron chi connectivity index (χ1n) is 11.7. The average molecular weight is 361 g/mol. The van der Waals surface area contributed by atoms with E-state index in [4.69, 9.17) is 0 Å². The van der Waals surface area contributed by atoms with Crippen LogP contribution in [0.1, 0.15) is 104 Å². The second-order valence-electron chi connectivity index (χ2n) is 9.80. The summed E-state index contributed by atoms with van der Waals surface area (Å²) < 4.78 is 0. The van der Waals surface area contributed by atoms with Crippen LogP contribution in [0.2, 0.25) is 0 Å². The first kappa shape index (κ1) is 20.1. The molecule has 148 valence electrons. The van der Waals surface area contributed by atoms with E-state index < -0.39 is 0 Å². The first-order chi connectivity index (χ1) is 12.6. The van der Waals surface area contributed by atoms with Crippen LogP contribution in [-0.2, 0) is 9.59 Å². The highest BCUT2D eigenvalue weighted by Gasteiger charge is 2.43. The minimum Gasteiger partial charge on any atom is -0.299 e. The highest BCUT2D eigenvalue weighted by atomic mass is 16.2. The Balaban J connectivity index is 1.71. The lowest BCUT2D eigenvalue weighted by molar-refractivity contribution is -0.140. The molecule has 3 rings (SSSR count). The molecule has 3 fully saturated rings. The number of hydrogen-bond donors (Lipinski definition) is 0. The van der Waals surface area contributed by atoms with E-state index >= 15 is 0 Å². The summed E-state index contributed by atoms with van der Waals surface area (Å²) in [4.78, 5) is 26.2. The van der Waals surface area contributed by atoms with Gasteiger partial charge in [-0.15, -0.1) is 0 Å². The fourth-order valence-corrected chi connectivity index (χ4v) is 6.32. The molecule has 0 aromatic rings. The fraction of sp³-hybridized carbons (Fsp3) is 0.917. The van der Waals surface area contributed by atoms with Crippen molar-refractivity contribution in [3.63, 3.8) is 0 Å². The summed E-state index contributed by atoms with van der Waals surface area (Å²) in [5.74, 6) is 3.05. The van der Waals surface area contributed by atoms with E-state index in [0.29, 0.717) is 30.0 Å².